The number of halogens is 6. The third kappa shape index (κ3) is 15.3. The molecule has 4 nitrogen and oxygen atoms in total. The van der Waals surface area contributed by atoms with Gasteiger partial charge in [-0.1, -0.05) is 0 Å². The lowest BCUT2D eigenvalue weighted by atomic mass is 10.4. The second kappa shape index (κ2) is 5.41. The van der Waals surface area contributed by atoms with Crippen molar-refractivity contribution >= 4 is 11.9 Å². The number of primary amides is 1. The quantitative estimate of drug-likeness (QED) is 0.673. The second-order valence-corrected chi connectivity index (χ2v) is 2.06. The Morgan fingerprint density at radius 2 is 1.33 bits per heavy atom. The highest BCUT2D eigenvalue weighted by Gasteiger charge is 2.38. The molecule has 0 unspecified atom stereocenters. The molecule has 0 aromatic rings. The summed E-state index contributed by atoms with van der Waals surface area (Å²) in [5.41, 5.74) is 4.22. The van der Waals surface area contributed by atoms with E-state index in [9.17, 15) is 31.1 Å². The molecule has 0 spiro atoms. The molecule has 0 aliphatic rings. The third-order valence-corrected chi connectivity index (χ3v) is 0.617. The van der Waals surface area contributed by atoms with Crippen molar-refractivity contribution in [3.05, 3.63) is 0 Å². The molecule has 15 heavy (non-hydrogen) atoms. The Hall–Kier alpha value is -1.48. The van der Waals surface area contributed by atoms with Gasteiger partial charge >= 0.3 is 18.3 Å². The highest BCUT2D eigenvalue weighted by molar-refractivity contribution is 5.74. The zero-order valence-corrected chi connectivity index (χ0v) is 6.82. The lowest BCUT2D eigenvalue weighted by molar-refractivity contribution is -0.192. The zero-order valence-electron chi connectivity index (χ0n) is 6.82. The first-order valence-corrected chi connectivity index (χ1v) is 3.01. The van der Waals surface area contributed by atoms with Gasteiger partial charge in [0.15, 0.2) is 0 Å². The number of hydrogen-bond donors (Lipinski definition) is 2. The molecule has 0 aliphatic heterocycles. The van der Waals surface area contributed by atoms with Crippen LogP contribution in [0.15, 0.2) is 0 Å². The summed E-state index contributed by atoms with van der Waals surface area (Å²) >= 11 is 0. The topological polar surface area (TPSA) is 80.4 Å². The number of carboxylic acid groups (broad SMARTS) is 1. The molecule has 0 bridgehead atoms. The number of rotatable bonds is 1. The van der Waals surface area contributed by atoms with Gasteiger partial charge in [-0.05, 0) is 0 Å². The molecule has 1 amide bonds. The highest BCUT2D eigenvalue weighted by atomic mass is 19.4. The van der Waals surface area contributed by atoms with Crippen LogP contribution in [0, 0.1) is 0 Å². The van der Waals surface area contributed by atoms with Gasteiger partial charge in [0.2, 0.25) is 5.91 Å². The van der Waals surface area contributed by atoms with E-state index in [-0.39, 0.29) is 0 Å². The van der Waals surface area contributed by atoms with Crippen LogP contribution in [0.3, 0.4) is 0 Å². The van der Waals surface area contributed by atoms with Crippen molar-refractivity contribution in [1.82, 2.24) is 0 Å². The molecule has 0 fully saturated rings. The lowest BCUT2D eigenvalue weighted by Gasteiger charge is -1.99. The minimum Gasteiger partial charge on any atom is -0.475 e. The van der Waals surface area contributed by atoms with Crippen LogP contribution in [0.2, 0.25) is 0 Å². The fraction of sp³-hybridized carbons (Fsp3) is 0.600. The van der Waals surface area contributed by atoms with Crippen molar-refractivity contribution in [2.24, 2.45) is 5.73 Å². The molecule has 0 atom stereocenters. The first-order chi connectivity index (χ1) is 6.36. The van der Waals surface area contributed by atoms with E-state index >= 15 is 0 Å². The van der Waals surface area contributed by atoms with Gasteiger partial charge in [0.05, 0.1) is 0 Å². The summed E-state index contributed by atoms with van der Waals surface area (Å²) in [6, 6.07) is 0. The van der Waals surface area contributed by atoms with Crippen LogP contribution in [0.25, 0.3) is 0 Å². The Morgan fingerprint density at radius 1 is 1.07 bits per heavy atom. The first kappa shape index (κ1) is 16.0. The van der Waals surface area contributed by atoms with Crippen molar-refractivity contribution < 1.29 is 41.0 Å². The highest BCUT2D eigenvalue weighted by Crippen LogP contribution is 2.18. The van der Waals surface area contributed by atoms with Crippen LogP contribution in [-0.2, 0) is 9.59 Å². The van der Waals surface area contributed by atoms with Crippen LogP contribution in [0.1, 0.15) is 6.42 Å². The van der Waals surface area contributed by atoms with Gasteiger partial charge in [0, 0.05) is 0 Å². The van der Waals surface area contributed by atoms with Gasteiger partial charge in [-0.3, -0.25) is 4.79 Å². The summed E-state index contributed by atoms with van der Waals surface area (Å²) in [6.45, 7) is 0. The number of carbonyl (C=O) groups is 2. The van der Waals surface area contributed by atoms with Crippen LogP contribution in [0.5, 0.6) is 0 Å². The van der Waals surface area contributed by atoms with E-state index in [2.05, 4.69) is 5.73 Å². The van der Waals surface area contributed by atoms with Crippen molar-refractivity contribution in [2.75, 3.05) is 0 Å². The summed E-state index contributed by atoms with van der Waals surface area (Å²) in [6.07, 6.45) is -11.1. The summed E-state index contributed by atoms with van der Waals surface area (Å²) < 4.78 is 64.8. The smallest absolute Gasteiger partial charge is 0.475 e. The zero-order chi connectivity index (χ0) is 12.9. The van der Waals surface area contributed by atoms with Crippen molar-refractivity contribution in [2.45, 2.75) is 18.8 Å². The fourth-order valence-electron chi connectivity index (χ4n) is 0.198. The van der Waals surface area contributed by atoms with Gasteiger partial charge in [0.25, 0.3) is 0 Å². The Labute approximate surface area is 78.7 Å². The Kier molecular flexibility index (Phi) is 5.76. The predicted octanol–water partition coefficient (Wildman–Crippen LogP) is 1.06. The average molecular weight is 241 g/mol. The van der Waals surface area contributed by atoms with Gasteiger partial charge < -0.3 is 10.8 Å². The first-order valence-electron chi connectivity index (χ1n) is 3.01. The molecule has 90 valence electrons. The van der Waals surface area contributed by atoms with Crippen molar-refractivity contribution in [3.63, 3.8) is 0 Å². The summed E-state index contributed by atoms with van der Waals surface area (Å²) in [5, 5.41) is 7.12. The molecule has 0 aliphatic carbocycles. The minimum atomic E-state index is -5.08. The van der Waals surface area contributed by atoms with Crippen LogP contribution < -0.4 is 5.73 Å². The van der Waals surface area contributed by atoms with E-state index < -0.39 is 30.6 Å². The van der Waals surface area contributed by atoms with E-state index in [0.29, 0.717) is 0 Å². The maximum Gasteiger partial charge on any atom is 0.490 e. The van der Waals surface area contributed by atoms with E-state index in [1.165, 1.54) is 0 Å². The Bertz CT molecular complexity index is 232. The molecule has 0 saturated heterocycles. The van der Waals surface area contributed by atoms with Crippen LogP contribution >= 0.6 is 0 Å². The standard InChI is InChI=1S/C3H4F3NO.C2HF3O2/c4-3(5,6)1-2(7)8;3-2(4,5)1(6)7/h1H2,(H2,7,8);(H,6,7). The SMILES string of the molecule is NC(=O)CC(F)(F)F.O=C(O)C(F)(F)F. The summed E-state index contributed by atoms with van der Waals surface area (Å²) in [5.74, 6) is -4.11. The summed E-state index contributed by atoms with van der Waals surface area (Å²) in [4.78, 5) is 18.4. The molecular weight excluding hydrogens is 236 g/mol. The molecule has 0 saturated carbocycles. The normalized spacial score (nSPS) is 11.3. The molecule has 0 aromatic heterocycles. The molecule has 0 heterocycles. The number of alkyl halides is 6. The maximum absolute atomic E-state index is 11.0. The van der Waals surface area contributed by atoms with E-state index in [1.807, 2.05) is 0 Å². The monoisotopic (exact) mass is 241 g/mol. The van der Waals surface area contributed by atoms with Crippen LogP contribution in [-0.4, -0.2) is 29.3 Å². The number of hydrogen-bond acceptors (Lipinski definition) is 2. The van der Waals surface area contributed by atoms with Crippen molar-refractivity contribution in [1.29, 1.82) is 0 Å². The molecule has 3 N–H and O–H groups in total. The van der Waals surface area contributed by atoms with Gasteiger partial charge in [-0.2, -0.15) is 26.3 Å². The number of nitrogens with two attached hydrogens (primary N) is 1. The molecule has 0 radical (unpaired) electrons. The fourth-order valence-corrected chi connectivity index (χ4v) is 0.198. The van der Waals surface area contributed by atoms with E-state index in [0.717, 1.165) is 0 Å². The van der Waals surface area contributed by atoms with Gasteiger partial charge in [0.1, 0.15) is 6.42 Å². The van der Waals surface area contributed by atoms with E-state index in [1.54, 1.807) is 0 Å². The summed E-state index contributed by atoms with van der Waals surface area (Å²) in [7, 11) is 0. The van der Waals surface area contributed by atoms with Crippen LogP contribution in [0.4, 0.5) is 26.3 Å². The number of carboxylic acids is 1. The maximum atomic E-state index is 11.0. The van der Waals surface area contributed by atoms with Gasteiger partial charge in [-0.15, -0.1) is 0 Å². The molecule has 0 aromatic carbocycles. The minimum absolute atomic E-state index is 1.35. The molecular formula is C5H5F6NO3. The predicted molar refractivity (Wildman–Crippen MR) is 33.6 cm³/mol. The Balaban J connectivity index is 0. The largest absolute Gasteiger partial charge is 0.490 e. The number of carbonyl (C=O) groups excluding carboxylic acids is 1. The molecule has 0 rings (SSSR count). The average Bonchev–Trinajstić information content (AvgIpc) is 1.78. The van der Waals surface area contributed by atoms with Crippen molar-refractivity contribution in [3.8, 4) is 0 Å². The lowest BCUT2D eigenvalue weighted by Crippen LogP contribution is -2.21. The number of aliphatic carboxylic acids is 1. The second-order valence-electron chi connectivity index (χ2n) is 2.06. The van der Waals surface area contributed by atoms with Gasteiger partial charge in [-0.25, -0.2) is 4.79 Å². The Morgan fingerprint density at radius 3 is 1.33 bits per heavy atom. The number of amides is 1. The molecule has 10 heteroatoms. The van der Waals surface area contributed by atoms with E-state index in [4.69, 9.17) is 9.90 Å². The third-order valence-electron chi connectivity index (χ3n) is 0.617.